The first-order valence-corrected chi connectivity index (χ1v) is 11.0. The molecule has 2 aliphatic rings. The van der Waals surface area contributed by atoms with Crippen molar-refractivity contribution in [3.8, 4) is 5.75 Å². The van der Waals surface area contributed by atoms with Gasteiger partial charge in [-0.2, -0.15) is 0 Å². The molecular formula is C24H28N4O5. The number of piperazine rings is 1. The number of amides is 4. The summed E-state index contributed by atoms with van der Waals surface area (Å²) in [5.41, 5.74) is 7.08. The van der Waals surface area contributed by atoms with Crippen molar-refractivity contribution in [3.05, 3.63) is 65.2 Å². The van der Waals surface area contributed by atoms with Crippen molar-refractivity contribution in [2.24, 2.45) is 5.73 Å². The Balaban J connectivity index is 1.33. The van der Waals surface area contributed by atoms with Crippen molar-refractivity contribution in [3.63, 3.8) is 0 Å². The highest BCUT2D eigenvalue weighted by atomic mass is 16.5. The number of hydrogen-bond acceptors (Lipinski definition) is 5. The number of carbonyl (C=O) groups excluding carboxylic acids is 3. The van der Waals surface area contributed by atoms with Gasteiger partial charge >= 0.3 is 6.03 Å². The number of urea groups is 1. The predicted molar refractivity (Wildman–Crippen MR) is 121 cm³/mol. The molecule has 0 radical (unpaired) electrons. The summed E-state index contributed by atoms with van der Waals surface area (Å²) in [6.45, 7) is 4.55. The van der Waals surface area contributed by atoms with Crippen LogP contribution in [-0.4, -0.2) is 85.0 Å². The van der Waals surface area contributed by atoms with Crippen LogP contribution in [0.2, 0.25) is 0 Å². The van der Waals surface area contributed by atoms with E-state index in [2.05, 4.69) is 0 Å². The normalized spacial score (nSPS) is 16.4. The number of morpholine rings is 1. The maximum Gasteiger partial charge on any atom is 0.320 e. The van der Waals surface area contributed by atoms with Crippen molar-refractivity contribution in [1.82, 2.24) is 14.7 Å². The summed E-state index contributed by atoms with van der Waals surface area (Å²) in [4.78, 5) is 42.6. The fourth-order valence-corrected chi connectivity index (χ4v) is 3.99. The number of carbonyl (C=O) groups is 3. The minimum Gasteiger partial charge on any atom is -0.488 e. The molecule has 9 nitrogen and oxygen atoms in total. The van der Waals surface area contributed by atoms with Gasteiger partial charge in [0.05, 0.1) is 18.8 Å². The van der Waals surface area contributed by atoms with Gasteiger partial charge < -0.3 is 29.9 Å². The minimum absolute atomic E-state index is 0.0146. The topological polar surface area (TPSA) is 105 Å². The first-order chi connectivity index (χ1) is 16.0. The SMILES string of the molecule is NC(=O)c1ccccc1OCc1cccc(C(=O)N2CCN(C(=O)N3CCOCC3)CC2)c1. The second-order valence-corrected chi connectivity index (χ2v) is 8.01. The molecule has 0 aliphatic carbocycles. The molecule has 2 aromatic carbocycles. The highest BCUT2D eigenvalue weighted by Gasteiger charge is 2.28. The van der Waals surface area contributed by atoms with Crippen molar-refractivity contribution in [1.29, 1.82) is 0 Å². The van der Waals surface area contributed by atoms with Crippen LogP contribution in [0.4, 0.5) is 4.79 Å². The summed E-state index contributed by atoms with van der Waals surface area (Å²) in [6, 6.07) is 14.0. The van der Waals surface area contributed by atoms with E-state index in [9.17, 15) is 14.4 Å². The van der Waals surface area contributed by atoms with Gasteiger partial charge in [-0.1, -0.05) is 24.3 Å². The summed E-state index contributed by atoms with van der Waals surface area (Å²) < 4.78 is 11.1. The van der Waals surface area contributed by atoms with E-state index < -0.39 is 5.91 Å². The van der Waals surface area contributed by atoms with Crippen LogP contribution in [0.1, 0.15) is 26.3 Å². The number of primary amides is 1. The average Bonchev–Trinajstić information content (AvgIpc) is 2.87. The molecule has 4 rings (SSSR count). The Morgan fingerprint density at radius 3 is 2.24 bits per heavy atom. The summed E-state index contributed by atoms with van der Waals surface area (Å²) in [5.74, 6) is -0.226. The van der Waals surface area contributed by atoms with E-state index in [1.807, 2.05) is 12.1 Å². The number of nitrogens with two attached hydrogens (primary N) is 1. The third kappa shape index (κ3) is 5.43. The number of para-hydroxylation sites is 1. The van der Waals surface area contributed by atoms with E-state index >= 15 is 0 Å². The van der Waals surface area contributed by atoms with E-state index in [0.717, 1.165) is 5.56 Å². The Morgan fingerprint density at radius 2 is 1.52 bits per heavy atom. The van der Waals surface area contributed by atoms with Crippen LogP contribution < -0.4 is 10.5 Å². The van der Waals surface area contributed by atoms with Crippen LogP contribution in [-0.2, 0) is 11.3 Å². The van der Waals surface area contributed by atoms with E-state index in [0.29, 0.717) is 69.4 Å². The monoisotopic (exact) mass is 452 g/mol. The molecule has 2 N–H and O–H groups in total. The van der Waals surface area contributed by atoms with Crippen molar-refractivity contribution >= 4 is 17.8 Å². The molecule has 2 heterocycles. The average molecular weight is 453 g/mol. The van der Waals surface area contributed by atoms with Crippen LogP contribution in [0.3, 0.4) is 0 Å². The Morgan fingerprint density at radius 1 is 0.848 bits per heavy atom. The van der Waals surface area contributed by atoms with E-state index in [1.54, 1.807) is 51.1 Å². The number of ether oxygens (including phenoxy) is 2. The first kappa shape index (κ1) is 22.6. The molecule has 0 bridgehead atoms. The maximum atomic E-state index is 13.0. The summed E-state index contributed by atoms with van der Waals surface area (Å²) in [6.07, 6.45) is 0. The second kappa shape index (κ2) is 10.4. The Hall–Kier alpha value is -3.59. The van der Waals surface area contributed by atoms with Crippen LogP contribution in [0.5, 0.6) is 5.75 Å². The van der Waals surface area contributed by atoms with E-state index in [-0.39, 0.29) is 18.5 Å². The van der Waals surface area contributed by atoms with Gasteiger partial charge in [0.15, 0.2) is 0 Å². The van der Waals surface area contributed by atoms with Gasteiger partial charge in [0.25, 0.3) is 11.8 Å². The zero-order chi connectivity index (χ0) is 23.2. The van der Waals surface area contributed by atoms with Crippen molar-refractivity contribution in [2.75, 3.05) is 52.5 Å². The molecule has 0 saturated carbocycles. The molecule has 0 unspecified atom stereocenters. The fourth-order valence-electron chi connectivity index (χ4n) is 3.99. The van der Waals surface area contributed by atoms with Crippen LogP contribution >= 0.6 is 0 Å². The molecular weight excluding hydrogens is 424 g/mol. The molecule has 0 spiro atoms. The van der Waals surface area contributed by atoms with Gasteiger partial charge in [0.2, 0.25) is 0 Å². The lowest BCUT2D eigenvalue weighted by molar-refractivity contribution is 0.0362. The maximum absolute atomic E-state index is 13.0. The van der Waals surface area contributed by atoms with Crippen LogP contribution in [0.25, 0.3) is 0 Å². The highest BCUT2D eigenvalue weighted by Crippen LogP contribution is 2.20. The molecule has 2 aliphatic heterocycles. The van der Waals surface area contributed by atoms with Gasteiger partial charge in [-0.15, -0.1) is 0 Å². The molecule has 2 aromatic rings. The van der Waals surface area contributed by atoms with Gasteiger partial charge in [-0.3, -0.25) is 9.59 Å². The van der Waals surface area contributed by atoms with Gasteiger partial charge in [-0.25, -0.2) is 4.79 Å². The van der Waals surface area contributed by atoms with Crippen molar-refractivity contribution in [2.45, 2.75) is 6.61 Å². The molecule has 174 valence electrons. The summed E-state index contributed by atoms with van der Waals surface area (Å²) in [5, 5.41) is 0. The number of benzene rings is 2. The summed E-state index contributed by atoms with van der Waals surface area (Å²) in [7, 11) is 0. The first-order valence-electron chi connectivity index (χ1n) is 11.0. The minimum atomic E-state index is -0.555. The van der Waals surface area contributed by atoms with Crippen molar-refractivity contribution < 1.29 is 23.9 Å². The Kier molecular flexibility index (Phi) is 7.09. The zero-order valence-corrected chi connectivity index (χ0v) is 18.4. The number of rotatable bonds is 5. The third-order valence-electron chi connectivity index (χ3n) is 5.84. The number of nitrogens with zero attached hydrogens (tertiary/aromatic N) is 3. The molecule has 2 fully saturated rings. The molecule has 4 amide bonds. The molecule has 9 heteroatoms. The largest absolute Gasteiger partial charge is 0.488 e. The van der Waals surface area contributed by atoms with E-state index in [4.69, 9.17) is 15.2 Å². The van der Waals surface area contributed by atoms with Crippen LogP contribution in [0, 0.1) is 0 Å². The number of hydrogen-bond donors (Lipinski definition) is 1. The van der Waals surface area contributed by atoms with Gasteiger partial charge in [0.1, 0.15) is 12.4 Å². The smallest absolute Gasteiger partial charge is 0.320 e. The second-order valence-electron chi connectivity index (χ2n) is 8.01. The fraction of sp³-hybridized carbons (Fsp3) is 0.375. The Bertz CT molecular complexity index is 1010. The predicted octanol–water partition coefficient (Wildman–Crippen LogP) is 1.57. The van der Waals surface area contributed by atoms with Gasteiger partial charge in [0, 0.05) is 44.8 Å². The lowest BCUT2D eigenvalue weighted by Crippen LogP contribution is -2.55. The molecule has 0 aromatic heterocycles. The lowest BCUT2D eigenvalue weighted by atomic mass is 10.1. The zero-order valence-electron chi connectivity index (χ0n) is 18.4. The molecule has 2 saturated heterocycles. The van der Waals surface area contributed by atoms with E-state index in [1.165, 1.54) is 0 Å². The van der Waals surface area contributed by atoms with Crippen LogP contribution in [0.15, 0.2) is 48.5 Å². The quantitative estimate of drug-likeness (QED) is 0.742. The lowest BCUT2D eigenvalue weighted by Gasteiger charge is -2.38. The molecule has 0 atom stereocenters. The third-order valence-corrected chi connectivity index (χ3v) is 5.84. The van der Waals surface area contributed by atoms with Gasteiger partial charge in [-0.05, 0) is 29.8 Å². The highest BCUT2D eigenvalue weighted by molar-refractivity contribution is 5.95. The summed E-state index contributed by atoms with van der Waals surface area (Å²) >= 11 is 0. The molecule has 33 heavy (non-hydrogen) atoms. The Labute approximate surface area is 192 Å². The standard InChI is InChI=1S/C24H28N4O5/c25-22(29)20-6-1-2-7-21(20)33-17-18-4-3-5-19(16-18)23(30)26-8-10-27(11-9-26)24(31)28-12-14-32-15-13-28/h1-7,16H,8-15,17H2,(H2,25,29).